The molecule has 1 saturated heterocycles. The van der Waals surface area contributed by atoms with Crippen LogP contribution in [0.1, 0.15) is 18.4 Å². The van der Waals surface area contributed by atoms with Crippen LogP contribution in [0.25, 0.3) is 0 Å². The van der Waals surface area contributed by atoms with E-state index in [2.05, 4.69) is 0 Å². The summed E-state index contributed by atoms with van der Waals surface area (Å²) >= 11 is 0. The molecule has 1 fully saturated rings. The third-order valence-corrected chi connectivity index (χ3v) is 8.41. The third kappa shape index (κ3) is 4.16. The van der Waals surface area contributed by atoms with E-state index in [1.54, 1.807) is 6.07 Å². The van der Waals surface area contributed by atoms with Crippen molar-refractivity contribution in [1.82, 2.24) is 4.31 Å². The van der Waals surface area contributed by atoms with Crippen LogP contribution in [0.3, 0.4) is 0 Å². The highest BCUT2D eigenvalue weighted by atomic mass is 32.2. The highest BCUT2D eigenvalue weighted by Gasteiger charge is 2.30. The van der Waals surface area contributed by atoms with Crippen LogP contribution < -0.4 is 9.04 Å². The summed E-state index contributed by atoms with van der Waals surface area (Å²) in [4.78, 5) is -0.0493. The Morgan fingerprint density at radius 3 is 2.46 bits per heavy atom. The van der Waals surface area contributed by atoms with Crippen LogP contribution >= 0.6 is 0 Å². The second-order valence-electron chi connectivity index (χ2n) is 6.68. The molecule has 2 aromatic carbocycles. The molecule has 0 N–H and O–H groups in total. The fourth-order valence-electron chi connectivity index (χ4n) is 3.19. The van der Waals surface area contributed by atoms with Crippen LogP contribution in [-0.4, -0.2) is 47.6 Å². The number of anilines is 1. The van der Waals surface area contributed by atoms with Crippen molar-refractivity contribution in [1.29, 1.82) is 0 Å². The summed E-state index contributed by atoms with van der Waals surface area (Å²) in [5.41, 5.74) is 1.19. The lowest BCUT2D eigenvalue weighted by atomic mass is 10.2. The maximum Gasteiger partial charge on any atom is 0.246 e. The Labute approximate surface area is 166 Å². The van der Waals surface area contributed by atoms with E-state index in [9.17, 15) is 16.8 Å². The standard InChI is InChI=1S/C19H24N2O5S2/c1-20(15-16-8-4-3-5-9-16)28(24,25)19-14-17(10-11-18(19)26-2)21-12-6-7-13-27(21,22)23/h3-5,8-11,14H,6-7,12-13,15H2,1-2H3. The van der Waals surface area contributed by atoms with Crippen molar-refractivity contribution < 1.29 is 21.6 Å². The molecule has 2 aromatic rings. The highest BCUT2D eigenvalue weighted by molar-refractivity contribution is 7.92. The predicted octanol–water partition coefficient (Wildman–Crippen LogP) is 2.45. The van der Waals surface area contributed by atoms with Gasteiger partial charge in [-0.3, -0.25) is 4.31 Å². The monoisotopic (exact) mass is 424 g/mol. The number of ether oxygens (including phenoxy) is 1. The minimum absolute atomic E-state index is 0.0493. The topological polar surface area (TPSA) is 84.0 Å². The zero-order valence-corrected chi connectivity index (χ0v) is 17.5. The van der Waals surface area contributed by atoms with E-state index in [0.717, 1.165) is 12.0 Å². The SMILES string of the molecule is COc1ccc(N2CCCCS2(=O)=O)cc1S(=O)(=O)N(C)Cc1ccccc1. The normalized spacial score (nSPS) is 16.9. The van der Waals surface area contributed by atoms with Crippen LogP contribution in [-0.2, 0) is 26.6 Å². The van der Waals surface area contributed by atoms with Crippen molar-refractivity contribution in [2.24, 2.45) is 0 Å². The van der Waals surface area contributed by atoms with Crippen LogP contribution in [0.5, 0.6) is 5.75 Å². The van der Waals surface area contributed by atoms with E-state index in [-0.39, 0.29) is 22.9 Å². The van der Waals surface area contributed by atoms with Gasteiger partial charge < -0.3 is 4.74 Å². The predicted molar refractivity (Wildman–Crippen MR) is 108 cm³/mol. The van der Waals surface area contributed by atoms with Gasteiger partial charge in [0.25, 0.3) is 0 Å². The maximum absolute atomic E-state index is 13.2. The summed E-state index contributed by atoms with van der Waals surface area (Å²) in [6, 6.07) is 13.7. The number of hydrogen-bond acceptors (Lipinski definition) is 5. The molecule has 0 atom stereocenters. The van der Waals surface area contributed by atoms with Gasteiger partial charge in [0.1, 0.15) is 10.6 Å². The lowest BCUT2D eigenvalue weighted by Gasteiger charge is -2.29. The fraction of sp³-hybridized carbons (Fsp3) is 0.368. The average Bonchev–Trinajstić information content (AvgIpc) is 2.68. The van der Waals surface area contributed by atoms with Crippen molar-refractivity contribution in [3.63, 3.8) is 0 Å². The van der Waals surface area contributed by atoms with E-state index in [4.69, 9.17) is 4.74 Å². The van der Waals surface area contributed by atoms with Gasteiger partial charge >= 0.3 is 0 Å². The van der Waals surface area contributed by atoms with Gasteiger partial charge in [0.15, 0.2) is 0 Å². The first-order chi connectivity index (χ1) is 13.3. The molecule has 0 bridgehead atoms. The van der Waals surface area contributed by atoms with Crippen LogP contribution in [0.15, 0.2) is 53.4 Å². The summed E-state index contributed by atoms with van der Waals surface area (Å²) in [5.74, 6) is 0.243. The Balaban J connectivity index is 1.99. The lowest BCUT2D eigenvalue weighted by Crippen LogP contribution is -2.38. The van der Waals surface area contributed by atoms with E-state index in [0.29, 0.717) is 18.7 Å². The molecule has 9 heteroatoms. The first-order valence-electron chi connectivity index (χ1n) is 8.94. The molecule has 0 aromatic heterocycles. The zero-order valence-electron chi connectivity index (χ0n) is 15.9. The zero-order chi connectivity index (χ0) is 20.4. The summed E-state index contributed by atoms with van der Waals surface area (Å²) < 4.78 is 59.0. The number of hydrogen-bond donors (Lipinski definition) is 0. The second kappa shape index (κ2) is 8.10. The van der Waals surface area contributed by atoms with E-state index >= 15 is 0 Å². The molecule has 28 heavy (non-hydrogen) atoms. The Hall–Kier alpha value is -2.10. The van der Waals surface area contributed by atoms with Gasteiger partial charge in [0.05, 0.1) is 18.6 Å². The molecule has 1 heterocycles. The van der Waals surface area contributed by atoms with Crippen molar-refractivity contribution >= 4 is 25.7 Å². The Bertz CT molecular complexity index is 1040. The van der Waals surface area contributed by atoms with E-state index in [1.807, 2.05) is 30.3 Å². The Kier molecular flexibility index (Phi) is 5.97. The van der Waals surface area contributed by atoms with E-state index < -0.39 is 20.0 Å². The number of sulfonamides is 2. The van der Waals surface area contributed by atoms with Crippen LogP contribution in [0.4, 0.5) is 5.69 Å². The van der Waals surface area contributed by atoms with Crippen molar-refractivity contribution in [3.05, 3.63) is 54.1 Å². The minimum Gasteiger partial charge on any atom is -0.495 e. The summed E-state index contributed by atoms with van der Waals surface area (Å²) in [7, 11) is -4.45. The average molecular weight is 425 g/mol. The van der Waals surface area contributed by atoms with Crippen LogP contribution in [0, 0.1) is 0 Å². The molecule has 1 aliphatic rings. The van der Waals surface area contributed by atoms with Gasteiger partial charge in [0, 0.05) is 20.1 Å². The molecule has 3 rings (SSSR count). The number of rotatable bonds is 6. The lowest BCUT2D eigenvalue weighted by molar-refractivity contribution is 0.397. The van der Waals surface area contributed by atoms with Crippen molar-refractivity contribution in [2.45, 2.75) is 24.3 Å². The van der Waals surface area contributed by atoms with Crippen molar-refractivity contribution in [3.8, 4) is 5.75 Å². The molecule has 1 aliphatic heterocycles. The van der Waals surface area contributed by atoms with Crippen LogP contribution in [0.2, 0.25) is 0 Å². The van der Waals surface area contributed by atoms with Gasteiger partial charge in [0.2, 0.25) is 20.0 Å². The van der Waals surface area contributed by atoms with Gasteiger partial charge in [-0.25, -0.2) is 16.8 Å². The van der Waals surface area contributed by atoms with Crippen molar-refractivity contribution in [2.75, 3.05) is 30.8 Å². The molecule has 0 spiro atoms. The maximum atomic E-state index is 13.2. The largest absolute Gasteiger partial charge is 0.495 e. The number of methoxy groups -OCH3 is 1. The minimum atomic E-state index is -3.89. The molecule has 7 nitrogen and oxygen atoms in total. The molecule has 152 valence electrons. The van der Waals surface area contributed by atoms with Gasteiger partial charge in [-0.1, -0.05) is 30.3 Å². The molecule has 0 unspecified atom stereocenters. The molecule has 0 amide bonds. The molecule has 0 radical (unpaired) electrons. The summed E-state index contributed by atoms with van der Waals surface area (Å²) in [5, 5.41) is 0. The third-order valence-electron chi connectivity index (χ3n) is 4.72. The Morgan fingerprint density at radius 1 is 1.11 bits per heavy atom. The number of benzene rings is 2. The smallest absolute Gasteiger partial charge is 0.246 e. The highest BCUT2D eigenvalue weighted by Crippen LogP contribution is 2.33. The number of nitrogens with zero attached hydrogens (tertiary/aromatic N) is 2. The molecule has 0 aliphatic carbocycles. The van der Waals surface area contributed by atoms with Gasteiger partial charge in [-0.15, -0.1) is 0 Å². The molecule has 0 saturated carbocycles. The van der Waals surface area contributed by atoms with Gasteiger partial charge in [-0.05, 0) is 36.6 Å². The summed E-state index contributed by atoms with van der Waals surface area (Å²) in [6.07, 6.45) is 1.35. The van der Waals surface area contributed by atoms with Gasteiger partial charge in [-0.2, -0.15) is 4.31 Å². The molecular formula is C19H24N2O5S2. The second-order valence-corrected chi connectivity index (χ2v) is 10.7. The summed E-state index contributed by atoms with van der Waals surface area (Å²) in [6.45, 7) is 0.534. The molecular weight excluding hydrogens is 400 g/mol. The first kappa shape index (κ1) is 20.6. The van der Waals surface area contributed by atoms with E-state index in [1.165, 1.54) is 34.9 Å². The Morgan fingerprint density at radius 2 is 1.82 bits per heavy atom. The first-order valence-corrected chi connectivity index (χ1v) is 12.0. The fourth-order valence-corrected chi connectivity index (χ4v) is 6.16. The quantitative estimate of drug-likeness (QED) is 0.711.